The molecule has 1 amide bonds. The lowest BCUT2D eigenvalue weighted by Crippen LogP contribution is -2.40. The number of carbonyl (C=O) groups excluding carboxylic acids is 1. The van der Waals surface area contributed by atoms with Crippen LogP contribution < -0.4 is 0 Å². The molecule has 0 aliphatic carbocycles. The third kappa shape index (κ3) is 2.36. The number of rotatable bonds is 3. The molecule has 2 rings (SSSR count). The molecule has 1 heterocycles. The molecule has 5 nitrogen and oxygen atoms in total. The Balaban J connectivity index is 2.41. The third-order valence-corrected chi connectivity index (χ3v) is 3.40. The van der Waals surface area contributed by atoms with Gasteiger partial charge in [-0.2, -0.15) is 0 Å². The monoisotopic (exact) mass is 278 g/mol. The highest BCUT2D eigenvalue weighted by Gasteiger charge is 2.24. The minimum absolute atomic E-state index is 0.240. The summed E-state index contributed by atoms with van der Waals surface area (Å²) >= 11 is 0. The van der Waals surface area contributed by atoms with Crippen molar-refractivity contribution in [3.05, 3.63) is 35.3 Å². The van der Waals surface area contributed by atoms with Crippen molar-refractivity contribution in [3.8, 4) is 0 Å². The summed E-state index contributed by atoms with van der Waals surface area (Å²) < 4.78 is 13.3. The Hall–Kier alpha value is -2.37. The van der Waals surface area contributed by atoms with E-state index in [2.05, 4.69) is 4.98 Å². The number of aliphatic carboxylic acids is 1. The lowest BCUT2D eigenvalue weighted by molar-refractivity contribution is -0.141. The zero-order chi connectivity index (χ0) is 15.0. The summed E-state index contributed by atoms with van der Waals surface area (Å²) in [7, 11) is 1.42. The van der Waals surface area contributed by atoms with Gasteiger partial charge in [-0.1, -0.05) is 0 Å². The topological polar surface area (TPSA) is 73.4 Å². The molecule has 106 valence electrons. The molecule has 6 heteroatoms. The van der Waals surface area contributed by atoms with Gasteiger partial charge < -0.3 is 15.0 Å². The Kier molecular flexibility index (Phi) is 3.48. The second kappa shape index (κ2) is 4.96. The van der Waals surface area contributed by atoms with E-state index in [1.165, 1.54) is 26.1 Å². The van der Waals surface area contributed by atoms with Crippen LogP contribution in [0.2, 0.25) is 0 Å². The molecule has 0 fully saturated rings. The van der Waals surface area contributed by atoms with Crippen LogP contribution in [0, 0.1) is 12.7 Å². The minimum Gasteiger partial charge on any atom is -0.480 e. The van der Waals surface area contributed by atoms with Crippen LogP contribution in [0.5, 0.6) is 0 Å². The van der Waals surface area contributed by atoms with E-state index in [0.29, 0.717) is 11.1 Å². The van der Waals surface area contributed by atoms with Crippen LogP contribution >= 0.6 is 0 Å². The first-order valence-electron chi connectivity index (χ1n) is 6.10. The maximum Gasteiger partial charge on any atom is 0.326 e. The van der Waals surface area contributed by atoms with Crippen LogP contribution in [-0.2, 0) is 4.79 Å². The number of fused-ring (bicyclic) bond motifs is 1. The van der Waals surface area contributed by atoms with Gasteiger partial charge in [-0.05, 0) is 37.6 Å². The van der Waals surface area contributed by atoms with E-state index in [9.17, 15) is 14.0 Å². The van der Waals surface area contributed by atoms with Gasteiger partial charge in [0.15, 0.2) is 0 Å². The summed E-state index contributed by atoms with van der Waals surface area (Å²) in [5.41, 5.74) is 1.47. The Bertz CT molecular complexity index is 693. The Morgan fingerprint density at radius 1 is 1.35 bits per heavy atom. The van der Waals surface area contributed by atoms with Crippen LogP contribution in [-0.4, -0.2) is 40.0 Å². The van der Waals surface area contributed by atoms with Crippen molar-refractivity contribution in [2.75, 3.05) is 7.05 Å². The molecule has 1 aromatic heterocycles. The van der Waals surface area contributed by atoms with Crippen LogP contribution in [0.4, 0.5) is 4.39 Å². The molecular weight excluding hydrogens is 263 g/mol. The van der Waals surface area contributed by atoms with E-state index >= 15 is 0 Å². The highest BCUT2D eigenvalue weighted by Crippen LogP contribution is 2.22. The lowest BCUT2D eigenvalue weighted by Gasteiger charge is -2.20. The van der Waals surface area contributed by atoms with Gasteiger partial charge in [0.1, 0.15) is 17.6 Å². The van der Waals surface area contributed by atoms with Gasteiger partial charge in [0.2, 0.25) is 0 Å². The molecule has 1 atom stereocenters. The third-order valence-electron chi connectivity index (χ3n) is 3.40. The zero-order valence-electron chi connectivity index (χ0n) is 11.4. The van der Waals surface area contributed by atoms with Crippen LogP contribution in [0.3, 0.4) is 0 Å². The van der Waals surface area contributed by atoms with Crippen LogP contribution in [0.1, 0.15) is 23.0 Å². The number of halogens is 1. The fraction of sp³-hybridized carbons (Fsp3) is 0.286. The Labute approximate surface area is 115 Å². The number of nitrogens with one attached hydrogen (secondary N) is 1. The molecule has 0 saturated heterocycles. The molecule has 1 aromatic carbocycles. The SMILES string of the molecule is Cc1cc(F)cc2[nH]c(C(=O)N(C)C(C)C(=O)O)cc12. The number of aromatic amines is 1. The molecule has 1 unspecified atom stereocenters. The highest BCUT2D eigenvalue weighted by atomic mass is 19.1. The number of carbonyl (C=O) groups is 2. The van der Waals surface area contributed by atoms with Gasteiger partial charge in [-0.25, -0.2) is 9.18 Å². The molecule has 0 bridgehead atoms. The van der Waals surface area contributed by atoms with Gasteiger partial charge in [-0.3, -0.25) is 4.79 Å². The number of likely N-dealkylation sites (N-methyl/N-ethyl adjacent to an activating group) is 1. The second-order valence-corrected chi connectivity index (χ2v) is 4.80. The number of carboxylic acid groups (broad SMARTS) is 1. The predicted octanol–water partition coefficient (Wildman–Crippen LogP) is 2.16. The molecule has 0 spiro atoms. The highest BCUT2D eigenvalue weighted by molar-refractivity contribution is 6.00. The quantitative estimate of drug-likeness (QED) is 0.903. The summed E-state index contributed by atoms with van der Waals surface area (Å²) in [6.45, 7) is 3.17. The summed E-state index contributed by atoms with van der Waals surface area (Å²) in [5, 5.41) is 9.66. The number of carboxylic acids is 1. The summed E-state index contributed by atoms with van der Waals surface area (Å²) in [6, 6.07) is 3.36. The molecule has 2 N–H and O–H groups in total. The number of nitrogens with zero attached hydrogens (tertiary/aromatic N) is 1. The summed E-state index contributed by atoms with van der Waals surface area (Å²) in [5.74, 6) is -1.92. The first kappa shape index (κ1) is 14.0. The first-order valence-corrected chi connectivity index (χ1v) is 6.10. The largest absolute Gasteiger partial charge is 0.480 e. The molecule has 0 aliphatic heterocycles. The van der Waals surface area contributed by atoms with E-state index in [1.807, 2.05) is 0 Å². The Morgan fingerprint density at radius 2 is 2.00 bits per heavy atom. The molecule has 2 aromatic rings. The van der Waals surface area contributed by atoms with E-state index in [1.54, 1.807) is 13.0 Å². The minimum atomic E-state index is -1.08. The predicted molar refractivity (Wildman–Crippen MR) is 72.2 cm³/mol. The number of aryl methyl sites for hydroxylation is 1. The van der Waals surface area contributed by atoms with Gasteiger partial charge in [0.25, 0.3) is 5.91 Å². The fourth-order valence-electron chi connectivity index (χ4n) is 2.02. The average Bonchev–Trinajstić information content (AvgIpc) is 2.79. The number of benzene rings is 1. The Morgan fingerprint density at radius 3 is 2.60 bits per heavy atom. The summed E-state index contributed by atoms with van der Waals surface area (Å²) in [6.07, 6.45) is 0. The van der Waals surface area contributed by atoms with Crippen molar-refractivity contribution in [1.82, 2.24) is 9.88 Å². The maximum atomic E-state index is 13.3. The standard InChI is InChI=1S/C14H15FN2O3/c1-7-4-9(15)5-11-10(7)6-12(16-11)13(18)17(3)8(2)14(19)20/h4-6,8,16H,1-3H3,(H,19,20). The van der Waals surface area contributed by atoms with E-state index < -0.39 is 17.9 Å². The fourth-order valence-corrected chi connectivity index (χ4v) is 2.02. The average molecular weight is 278 g/mol. The lowest BCUT2D eigenvalue weighted by atomic mass is 10.1. The molecular formula is C14H15FN2O3. The van der Waals surface area contributed by atoms with E-state index in [4.69, 9.17) is 5.11 Å². The van der Waals surface area contributed by atoms with E-state index in [0.717, 1.165) is 10.3 Å². The zero-order valence-corrected chi connectivity index (χ0v) is 11.4. The van der Waals surface area contributed by atoms with Crippen molar-refractivity contribution in [2.24, 2.45) is 0 Å². The smallest absolute Gasteiger partial charge is 0.326 e. The normalized spacial score (nSPS) is 12.4. The van der Waals surface area contributed by atoms with Gasteiger partial charge >= 0.3 is 5.97 Å². The molecule has 0 saturated carbocycles. The van der Waals surface area contributed by atoms with E-state index in [-0.39, 0.29) is 11.5 Å². The number of hydrogen-bond donors (Lipinski definition) is 2. The molecule has 0 aliphatic rings. The number of H-pyrrole nitrogens is 1. The van der Waals surface area contributed by atoms with Crippen molar-refractivity contribution >= 4 is 22.8 Å². The van der Waals surface area contributed by atoms with Gasteiger partial charge in [0, 0.05) is 18.0 Å². The second-order valence-electron chi connectivity index (χ2n) is 4.80. The van der Waals surface area contributed by atoms with Crippen molar-refractivity contribution in [2.45, 2.75) is 19.9 Å². The number of aromatic nitrogens is 1. The van der Waals surface area contributed by atoms with Crippen molar-refractivity contribution in [1.29, 1.82) is 0 Å². The summed E-state index contributed by atoms with van der Waals surface area (Å²) in [4.78, 5) is 27.0. The number of hydrogen-bond acceptors (Lipinski definition) is 2. The van der Waals surface area contributed by atoms with Crippen molar-refractivity contribution in [3.63, 3.8) is 0 Å². The van der Waals surface area contributed by atoms with Crippen LogP contribution in [0.15, 0.2) is 18.2 Å². The van der Waals surface area contributed by atoms with Gasteiger partial charge in [-0.15, -0.1) is 0 Å². The van der Waals surface area contributed by atoms with Crippen molar-refractivity contribution < 1.29 is 19.1 Å². The maximum absolute atomic E-state index is 13.3. The molecule has 20 heavy (non-hydrogen) atoms. The van der Waals surface area contributed by atoms with Crippen LogP contribution in [0.25, 0.3) is 10.9 Å². The van der Waals surface area contributed by atoms with Gasteiger partial charge in [0.05, 0.1) is 0 Å². The number of amides is 1. The molecule has 0 radical (unpaired) electrons. The first-order chi connectivity index (χ1) is 9.31.